The molecule has 2 heterocycles. The topological polar surface area (TPSA) is 80.2 Å². The van der Waals surface area contributed by atoms with Gasteiger partial charge < -0.3 is 10.1 Å². The molecule has 0 radical (unpaired) electrons. The molecule has 0 amide bonds. The van der Waals surface area contributed by atoms with Crippen LogP contribution in [-0.4, -0.2) is 46.5 Å². The minimum atomic E-state index is -0.202. The summed E-state index contributed by atoms with van der Waals surface area (Å²) in [5, 5.41) is 5.41. The number of nitrogens with one attached hydrogen (secondary N) is 1. The summed E-state index contributed by atoms with van der Waals surface area (Å²) in [4.78, 5) is 27.7. The van der Waals surface area contributed by atoms with E-state index in [4.69, 9.17) is 19.7 Å². The maximum absolute atomic E-state index is 11.3. The van der Waals surface area contributed by atoms with Gasteiger partial charge in [-0.3, -0.25) is 9.69 Å². The van der Waals surface area contributed by atoms with Crippen LogP contribution < -0.4 is 5.32 Å². The Labute approximate surface area is 185 Å². The van der Waals surface area contributed by atoms with Gasteiger partial charge in [-0.05, 0) is 37.7 Å². The number of aromatic nitrogens is 3. The summed E-state index contributed by atoms with van der Waals surface area (Å²) >= 11 is 1.72. The highest BCUT2D eigenvalue weighted by Gasteiger charge is 2.12. The molecule has 4 rings (SSSR count). The molecule has 0 saturated carbocycles. The standard InChI is InChI=1S/C23H25N5O2S/c1-28(15-21-26-18-10-5-6-11-19(18)31-21)14-20-25-17-9-4-3-8-16(17)23(27-20)24-13-7-12-22(29)30-2/h3-6,8-11H,7,12-15H2,1-2H3,(H,24,25,27). The van der Waals surface area contributed by atoms with Crippen LogP contribution in [0, 0.1) is 0 Å². The zero-order chi connectivity index (χ0) is 21.6. The van der Waals surface area contributed by atoms with Crippen molar-refractivity contribution in [3.8, 4) is 0 Å². The van der Waals surface area contributed by atoms with Crippen molar-refractivity contribution in [3.05, 3.63) is 59.4 Å². The first-order chi connectivity index (χ1) is 15.1. The molecule has 2 aromatic heterocycles. The summed E-state index contributed by atoms with van der Waals surface area (Å²) in [5.74, 6) is 1.34. The van der Waals surface area contributed by atoms with Crippen molar-refractivity contribution in [2.45, 2.75) is 25.9 Å². The third kappa shape index (κ3) is 5.34. The molecule has 2 aromatic carbocycles. The molecule has 0 fully saturated rings. The third-order valence-electron chi connectivity index (χ3n) is 4.88. The molecule has 0 spiro atoms. The number of nitrogens with zero attached hydrogens (tertiary/aromatic N) is 4. The van der Waals surface area contributed by atoms with E-state index in [0.717, 1.165) is 39.6 Å². The number of esters is 1. The smallest absolute Gasteiger partial charge is 0.305 e. The van der Waals surface area contributed by atoms with Gasteiger partial charge in [0.05, 0.1) is 35.9 Å². The van der Waals surface area contributed by atoms with Crippen molar-refractivity contribution >= 4 is 44.2 Å². The molecule has 160 valence electrons. The summed E-state index contributed by atoms with van der Waals surface area (Å²) in [6.07, 6.45) is 1.06. The predicted molar refractivity (Wildman–Crippen MR) is 124 cm³/mol. The van der Waals surface area contributed by atoms with E-state index in [9.17, 15) is 4.79 Å². The second-order valence-corrected chi connectivity index (χ2v) is 8.47. The van der Waals surface area contributed by atoms with E-state index in [2.05, 4.69) is 16.3 Å². The number of benzene rings is 2. The van der Waals surface area contributed by atoms with Crippen LogP contribution >= 0.6 is 11.3 Å². The fourth-order valence-electron chi connectivity index (χ4n) is 3.39. The van der Waals surface area contributed by atoms with Crippen molar-refractivity contribution in [1.29, 1.82) is 0 Å². The minimum Gasteiger partial charge on any atom is -0.469 e. The number of ether oxygens (including phenoxy) is 1. The SMILES string of the molecule is COC(=O)CCCNc1nc(CN(C)Cc2nc3ccccc3s2)nc2ccccc12. The fraction of sp³-hybridized carbons (Fsp3) is 0.304. The van der Waals surface area contributed by atoms with Crippen LogP contribution in [0.25, 0.3) is 21.1 Å². The summed E-state index contributed by atoms with van der Waals surface area (Å²) in [5.41, 5.74) is 1.94. The van der Waals surface area contributed by atoms with E-state index in [1.54, 1.807) is 11.3 Å². The van der Waals surface area contributed by atoms with Crippen molar-refractivity contribution < 1.29 is 9.53 Å². The lowest BCUT2D eigenvalue weighted by atomic mass is 10.2. The molecule has 8 heteroatoms. The minimum absolute atomic E-state index is 0.202. The Balaban J connectivity index is 1.46. The Morgan fingerprint density at radius 1 is 1.03 bits per heavy atom. The number of thiazole rings is 1. The third-order valence-corrected chi connectivity index (χ3v) is 5.90. The van der Waals surface area contributed by atoms with Crippen LogP contribution in [0.4, 0.5) is 5.82 Å². The van der Waals surface area contributed by atoms with E-state index in [1.807, 2.05) is 49.5 Å². The van der Waals surface area contributed by atoms with E-state index in [0.29, 0.717) is 25.9 Å². The number of hydrogen-bond donors (Lipinski definition) is 1. The Morgan fingerprint density at radius 2 is 1.81 bits per heavy atom. The number of carbonyl (C=O) groups is 1. The van der Waals surface area contributed by atoms with Crippen LogP contribution in [0.5, 0.6) is 0 Å². The van der Waals surface area contributed by atoms with E-state index >= 15 is 0 Å². The molecule has 0 aliphatic carbocycles. The van der Waals surface area contributed by atoms with Crippen LogP contribution in [0.2, 0.25) is 0 Å². The average molecular weight is 436 g/mol. The largest absolute Gasteiger partial charge is 0.469 e. The van der Waals surface area contributed by atoms with Crippen LogP contribution in [0.15, 0.2) is 48.5 Å². The van der Waals surface area contributed by atoms with Gasteiger partial charge in [-0.1, -0.05) is 24.3 Å². The van der Waals surface area contributed by atoms with Crippen LogP contribution in [-0.2, 0) is 22.6 Å². The Bertz CT molecular complexity index is 1160. The molecule has 4 aromatic rings. The molecule has 0 aliphatic heterocycles. The summed E-state index contributed by atoms with van der Waals surface area (Å²) in [6, 6.07) is 16.1. The van der Waals surface area contributed by atoms with Gasteiger partial charge >= 0.3 is 5.97 Å². The fourth-order valence-corrected chi connectivity index (χ4v) is 4.44. The van der Waals surface area contributed by atoms with Crippen molar-refractivity contribution in [1.82, 2.24) is 19.9 Å². The zero-order valence-corrected chi connectivity index (χ0v) is 18.5. The number of hydrogen-bond acceptors (Lipinski definition) is 8. The van der Waals surface area contributed by atoms with Crippen LogP contribution in [0.1, 0.15) is 23.7 Å². The molecule has 0 bridgehead atoms. The van der Waals surface area contributed by atoms with Gasteiger partial charge in [-0.2, -0.15) is 0 Å². The summed E-state index contributed by atoms with van der Waals surface area (Å²) in [7, 11) is 3.46. The van der Waals surface area contributed by atoms with E-state index < -0.39 is 0 Å². The molecule has 1 N–H and O–H groups in total. The summed E-state index contributed by atoms with van der Waals surface area (Å²) < 4.78 is 5.90. The zero-order valence-electron chi connectivity index (χ0n) is 17.7. The number of carbonyl (C=O) groups excluding carboxylic acids is 1. The van der Waals surface area contributed by atoms with Crippen molar-refractivity contribution in [2.75, 3.05) is 26.0 Å². The number of methoxy groups -OCH3 is 1. The van der Waals surface area contributed by atoms with Gasteiger partial charge in [0.2, 0.25) is 0 Å². The monoisotopic (exact) mass is 435 g/mol. The van der Waals surface area contributed by atoms with E-state index in [-0.39, 0.29) is 5.97 Å². The molecular weight excluding hydrogens is 410 g/mol. The molecular formula is C23H25N5O2S. The summed E-state index contributed by atoms with van der Waals surface area (Å²) in [6.45, 7) is 1.98. The Kier molecular flexibility index (Phi) is 6.69. The van der Waals surface area contributed by atoms with Crippen molar-refractivity contribution in [2.24, 2.45) is 0 Å². The quantitative estimate of drug-likeness (QED) is 0.311. The number of anilines is 1. The van der Waals surface area contributed by atoms with Crippen LogP contribution in [0.3, 0.4) is 0 Å². The second-order valence-electron chi connectivity index (χ2n) is 7.36. The van der Waals surface area contributed by atoms with E-state index in [1.165, 1.54) is 11.8 Å². The van der Waals surface area contributed by atoms with Gasteiger partial charge in [-0.15, -0.1) is 11.3 Å². The molecule has 7 nitrogen and oxygen atoms in total. The maximum Gasteiger partial charge on any atom is 0.305 e. The highest BCUT2D eigenvalue weighted by Crippen LogP contribution is 2.24. The maximum atomic E-state index is 11.3. The van der Waals surface area contributed by atoms with Gasteiger partial charge in [0.1, 0.15) is 16.6 Å². The average Bonchev–Trinajstić information content (AvgIpc) is 3.18. The molecule has 0 aliphatic rings. The molecule has 0 unspecified atom stereocenters. The number of rotatable bonds is 9. The van der Waals surface area contributed by atoms with Gasteiger partial charge in [-0.25, -0.2) is 15.0 Å². The van der Waals surface area contributed by atoms with Gasteiger partial charge in [0.25, 0.3) is 0 Å². The lowest BCUT2D eigenvalue weighted by molar-refractivity contribution is -0.140. The lowest BCUT2D eigenvalue weighted by Gasteiger charge is -2.16. The molecule has 31 heavy (non-hydrogen) atoms. The Hall–Kier alpha value is -3.10. The lowest BCUT2D eigenvalue weighted by Crippen LogP contribution is -2.19. The number of para-hydroxylation sites is 2. The number of fused-ring (bicyclic) bond motifs is 2. The molecule has 0 atom stereocenters. The highest BCUT2D eigenvalue weighted by molar-refractivity contribution is 7.18. The second kappa shape index (κ2) is 9.80. The highest BCUT2D eigenvalue weighted by atomic mass is 32.1. The van der Waals surface area contributed by atoms with Crippen molar-refractivity contribution in [3.63, 3.8) is 0 Å². The Morgan fingerprint density at radius 3 is 2.61 bits per heavy atom. The normalized spacial score (nSPS) is 11.3. The molecule has 0 saturated heterocycles. The first kappa shape index (κ1) is 21.1. The predicted octanol–water partition coefficient (Wildman–Crippen LogP) is 4.24. The first-order valence-electron chi connectivity index (χ1n) is 10.2. The van der Waals surface area contributed by atoms with Gasteiger partial charge in [0, 0.05) is 18.4 Å². The van der Waals surface area contributed by atoms with Gasteiger partial charge in [0.15, 0.2) is 0 Å². The first-order valence-corrected chi connectivity index (χ1v) is 11.0.